The normalized spacial score (nSPS) is 14.5. The highest BCUT2D eigenvalue weighted by Gasteiger charge is 2.22. The molecule has 0 bridgehead atoms. The summed E-state index contributed by atoms with van der Waals surface area (Å²) < 4.78 is 20.0. The number of benzene rings is 2. The van der Waals surface area contributed by atoms with Crippen LogP contribution in [0.5, 0.6) is 0 Å². The SMILES string of the molecule is O=C(O)c1c(-c2ccccc2)[nH]c2cc(N3CCOCC3)c(F)cc2c1=O. The zero-order valence-electron chi connectivity index (χ0n) is 14.4. The topological polar surface area (TPSA) is 82.6 Å². The van der Waals surface area contributed by atoms with Gasteiger partial charge in [0, 0.05) is 18.5 Å². The van der Waals surface area contributed by atoms with E-state index in [1.54, 1.807) is 36.4 Å². The van der Waals surface area contributed by atoms with E-state index in [0.29, 0.717) is 43.1 Å². The van der Waals surface area contributed by atoms with Gasteiger partial charge in [0.15, 0.2) is 0 Å². The number of hydrogen-bond acceptors (Lipinski definition) is 4. The number of ether oxygens (including phenoxy) is 1. The number of fused-ring (bicyclic) bond motifs is 1. The third-order valence-electron chi connectivity index (χ3n) is 4.70. The third kappa shape index (κ3) is 3.06. The summed E-state index contributed by atoms with van der Waals surface area (Å²) in [6.45, 7) is 2.10. The molecule has 1 aliphatic rings. The third-order valence-corrected chi connectivity index (χ3v) is 4.70. The summed E-state index contributed by atoms with van der Waals surface area (Å²) in [5.74, 6) is -1.91. The van der Waals surface area contributed by atoms with Crippen LogP contribution in [-0.2, 0) is 4.74 Å². The zero-order valence-corrected chi connectivity index (χ0v) is 14.4. The minimum atomic E-state index is -1.35. The van der Waals surface area contributed by atoms with E-state index < -0.39 is 22.8 Å². The maximum Gasteiger partial charge on any atom is 0.341 e. The van der Waals surface area contributed by atoms with Crippen LogP contribution in [0.4, 0.5) is 10.1 Å². The van der Waals surface area contributed by atoms with Crippen LogP contribution in [0.15, 0.2) is 47.3 Å². The van der Waals surface area contributed by atoms with Crippen LogP contribution in [-0.4, -0.2) is 42.4 Å². The second-order valence-electron chi connectivity index (χ2n) is 6.32. The molecule has 1 aliphatic heterocycles. The second kappa shape index (κ2) is 6.85. The largest absolute Gasteiger partial charge is 0.477 e. The van der Waals surface area contributed by atoms with Crippen LogP contribution in [0.2, 0.25) is 0 Å². The Hall–Kier alpha value is -3.19. The summed E-state index contributed by atoms with van der Waals surface area (Å²) in [6, 6.07) is 11.4. The van der Waals surface area contributed by atoms with Crippen LogP contribution < -0.4 is 10.3 Å². The van der Waals surface area contributed by atoms with Gasteiger partial charge in [0.2, 0.25) is 5.43 Å². The molecule has 27 heavy (non-hydrogen) atoms. The molecule has 138 valence electrons. The number of nitrogens with zero attached hydrogens (tertiary/aromatic N) is 1. The van der Waals surface area contributed by atoms with Crippen molar-refractivity contribution in [2.75, 3.05) is 31.2 Å². The van der Waals surface area contributed by atoms with Gasteiger partial charge >= 0.3 is 5.97 Å². The lowest BCUT2D eigenvalue weighted by Crippen LogP contribution is -2.36. The van der Waals surface area contributed by atoms with Crippen molar-refractivity contribution in [3.05, 3.63) is 64.1 Å². The Bertz CT molecular complexity index is 1070. The van der Waals surface area contributed by atoms with E-state index in [4.69, 9.17) is 4.74 Å². The number of carbonyl (C=O) groups is 1. The summed E-state index contributed by atoms with van der Waals surface area (Å²) in [5.41, 5.74) is 0.441. The van der Waals surface area contributed by atoms with E-state index in [2.05, 4.69) is 4.98 Å². The Labute approximate surface area is 153 Å². The van der Waals surface area contributed by atoms with Gasteiger partial charge in [-0.05, 0) is 17.7 Å². The first-order valence-corrected chi connectivity index (χ1v) is 8.57. The molecule has 0 amide bonds. The fourth-order valence-corrected chi connectivity index (χ4v) is 3.37. The number of nitrogens with one attached hydrogen (secondary N) is 1. The van der Waals surface area contributed by atoms with Crippen molar-refractivity contribution in [1.29, 1.82) is 0 Å². The van der Waals surface area contributed by atoms with E-state index in [1.807, 2.05) is 4.90 Å². The number of carboxylic acid groups (broad SMARTS) is 1. The summed E-state index contributed by atoms with van der Waals surface area (Å²) in [5, 5.41) is 9.57. The van der Waals surface area contributed by atoms with Crippen molar-refractivity contribution in [3.8, 4) is 11.3 Å². The molecule has 6 nitrogen and oxygen atoms in total. The lowest BCUT2D eigenvalue weighted by Gasteiger charge is -2.29. The molecular weight excluding hydrogens is 351 g/mol. The first-order chi connectivity index (χ1) is 13.1. The molecule has 0 radical (unpaired) electrons. The molecule has 4 rings (SSSR count). The molecule has 2 N–H and O–H groups in total. The number of aromatic carboxylic acids is 1. The predicted octanol–water partition coefficient (Wildman–Crippen LogP) is 2.87. The van der Waals surface area contributed by atoms with E-state index in [0.717, 1.165) is 6.07 Å². The van der Waals surface area contributed by atoms with E-state index in [-0.39, 0.29) is 11.1 Å². The van der Waals surface area contributed by atoms with Crippen LogP contribution in [0.3, 0.4) is 0 Å². The van der Waals surface area contributed by atoms with Gasteiger partial charge in [0.05, 0.1) is 30.1 Å². The second-order valence-corrected chi connectivity index (χ2v) is 6.32. The fraction of sp³-hybridized carbons (Fsp3) is 0.200. The Morgan fingerprint density at radius 2 is 1.85 bits per heavy atom. The predicted molar refractivity (Wildman–Crippen MR) is 100.0 cm³/mol. The minimum absolute atomic E-state index is 0.0154. The number of anilines is 1. The number of hydrogen-bond donors (Lipinski definition) is 2. The van der Waals surface area contributed by atoms with Crippen molar-refractivity contribution >= 4 is 22.6 Å². The lowest BCUT2D eigenvalue weighted by molar-refractivity contribution is 0.0696. The van der Waals surface area contributed by atoms with Gasteiger partial charge in [0.25, 0.3) is 0 Å². The summed E-state index contributed by atoms with van der Waals surface area (Å²) >= 11 is 0. The molecule has 1 aromatic heterocycles. The molecule has 0 saturated carbocycles. The average Bonchev–Trinajstić information content (AvgIpc) is 2.69. The van der Waals surface area contributed by atoms with Crippen molar-refractivity contribution in [2.45, 2.75) is 0 Å². The van der Waals surface area contributed by atoms with Crippen molar-refractivity contribution < 1.29 is 19.0 Å². The quantitative estimate of drug-likeness (QED) is 0.743. The fourth-order valence-electron chi connectivity index (χ4n) is 3.37. The molecule has 3 aromatic rings. The van der Waals surface area contributed by atoms with Gasteiger partial charge < -0.3 is 19.7 Å². The van der Waals surface area contributed by atoms with Crippen LogP contribution >= 0.6 is 0 Å². The number of carboxylic acids is 1. The Morgan fingerprint density at radius 3 is 2.52 bits per heavy atom. The van der Waals surface area contributed by atoms with Crippen LogP contribution in [0, 0.1) is 5.82 Å². The number of pyridine rings is 1. The molecule has 2 heterocycles. The number of aromatic amines is 1. The van der Waals surface area contributed by atoms with Gasteiger partial charge in [-0.15, -0.1) is 0 Å². The standard InChI is InChI=1S/C20H17FN2O4/c21-14-10-13-15(11-16(14)23-6-8-27-9-7-23)22-18(12-4-2-1-3-5-12)17(19(13)24)20(25)26/h1-5,10-11H,6-9H2,(H,22,24)(H,25,26). The highest BCUT2D eigenvalue weighted by Crippen LogP contribution is 2.28. The lowest BCUT2D eigenvalue weighted by atomic mass is 10.0. The van der Waals surface area contributed by atoms with E-state index in [1.165, 1.54) is 0 Å². The number of aromatic nitrogens is 1. The van der Waals surface area contributed by atoms with Gasteiger partial charge in [-0.2, -0.15) is 0 Å². The Balaban J connectivity index is 1.97. The van der Waals surface area contributed by atoms with Crippen LogP contribution in [0.25, 0.3) is 22.2 Å². The molecule has 0 unspecified atom stereocenters. The average molecular weight is 368 g/mol. The molecule has 0 aliphatic carbocycles. The number of morpholine rings is 1. The van der Waals surface area contributed by atoms with E-state index in [9.17, 15) is 19.1 Å². The van der Waals surface area contributed by atoms with E-state index >= 15 is 0 Å². The Morgan fingerprint density at radius 1 is 1.15 bits per heavy atom. The molecule has 1 fully saturated rings. The summed E-state index contributed by atoms with van der Waals surface area (Å²) in [7, 11) is 0. The maximum atomic E-state index is 14.7. The monoisotopic (exact) mass is 368 g/mol. The van der Waals surface area contributed by atoms with Gasteiger partial charge in [-0.3, -0.25) is 4.79 Å². The number of H-pyrrole nitrogens is 1. The molecule has 1 saturated heterocycles. The molecule has 2 aromatic carbocycles. The first kappa shape index (κ1) is 17.2. The van der Waals surface area contributed by atoms with Crippen molar-refractivity contribution in [1.82, 2.24) is 4.98 Å². The maximum absolute atomic E-state index is 14.7. The zero-order chi connectivity index (χ0) is 19.0. The van der Waals surface area contributed by atoms with Crippen molar-refractivity contribution in [2.24, 2.45) is 0 Å². The molecule has 7 heteroatoms. The van der Waals surface area contributed by atoms with Crippen LogP contribution in [0.1, 0.15) is 10.4 Å². The number of halogens is 1. The molecule has 0 atom stereocenters. The van der Waals surface area contributed by atoms with Gasteiger partial charge in [-0.25, -0.2) is 9.18 Å². The first-order valence-electron chi connectivity index (χ1n) is 8.57. The van der Waals surface area contributed by atoms with Gasteiger partial charge in [-0.1, -0.05) is 30.3 Å². The summed E-state index contributed by atoms with van der Waals surface area (Å²) in [6.07, 6.45) is 0. The molecular formula is C20H17FN2O4. The summed E-state index contributed by atoms with van der Waals surface area (Å²) in [4.78, 5) is 29.4. The Kier molecular flexibility index (Phi) is 4.37. The minimum Gasteiger partial charge on any atom is -0.477 e. The van der Waals surface area contributed by atoms with Crippen molar-refractivity contribution in [3.63, 3.8) is 0 Å². The number of rotatable bonds is 3. The highest BCUT2D eigenvalue weighted by atomic mass is 19.1. The van der Waals surface area contributed by atoms with Gasteiger partial charge in [0.1, 0.15) is 11.4 Å². The molecule has 0 spiro atoms. The smallest absolute Gasteiger partial charge is 0.341 e. The highest BCUT2D eigenvalue weighted by molar-refractivity contribution is 5.99.